The van der Waals surface area contributed by atoms with E-state index in [-0.39, 0.29) is 22.9 Å². The predicted molar refractivity (Wildman–Crippen MR) is 98.0 cm³/mol. The highest BCUT2D eigenvalue weighted by atomic mass is 32.2. The van der Waals surface area contributed by atoms with Crippen LogP contribution in [0.15, 0.2) is 47.4 Å². The summed E-state index contributed by atoms with van der Waals surface area (Å²) in [5, 5.41) is 7.70. The molecule has 0 atom stereocenters. The lowest BCUT2D eigenvalue weighted by molar-refractivity contribution is -0.115. The molecule has 3 N–H and O–H groups in total. The molecule has 138 valence electrons. The molecule has 1 aliphatic rings. The molecule has 0 aliphatic carbocycles. The Bertz CT molecular complexity index is 908. The first kappa shape index (κ1) is 18.3. The van der Waals surface area contributed by atoms with Crippen LogP contribution in [0.4, 0.5) is 15.8 Å². The monoisotopic (exact) mass is 377 g/mol. The fraction of sp³-hybridized carbons (Fsp3) is 0.278. The van der Waals surface area contributed by atoms with Gasteiger partial charge in [0.1, 0.15) is 11.5 Å². The molecule has 1 heterocycles. The van der Waals surface area contributed by atoms with Crippen LogP contribution in [0.1, 0.15) is 18.4 Å². The number of hydrogen-bond donors (Lipinski definition) is 2. The molecule has 2 aromatic rings. The number of benzene rings is 2. The Labute approximate surface area is 151 Å². The summed E-state index contributed by atoms with van der Waals surface area (Å²) >= 11 is 0. The molecule has 0 saturated carbocycles. The number of nitrogens with one attached hydrogen (secondary N) is 1. The van der Waals surface area contributed by atoms with Crippen LogP contribution in [0, 0.1) is 5.82 Å². The third-order valence-corrected chi connectivity index (χ3v) is 5.25. The van der Waals surface area contributed by atoms with E-state index < -0.39 is 15.8 Å². The van der Waals surface area contributed by atoms with Crippen molar-refractivity contribution in [2.45, 2.75) is 24.2 Å². The number of amides is 1. The van der Waals surface area contributed by atoms with Crippen molar-refractivity contribution in [1.29, 1.82) is 0 Å². The maximum absolute atomic E-state index is 14.3. The van der Waals surface area contributed by atoms with Gasteiger partial charge in [-0.1, -0.05) is 18.2 Å². The molecule has 0 spiro atoms. The Kier molecular flexibility index (Phi) is 5.24. The first-order valence-electron chi connectivity index (χ1n) is 8.29. The maximum Gasteiger partial charge on any atom is 0.238 e. The number of primary sulfonamides is 1. The van der Waals surface area contributed by atoms with E-state index in [1.165, 1.54) is 30.3 Å². The predicted octanol–water partition coefficient (Wildman–Crippen LogP) is 2.25. The van der Waals surface area contributed by atoms with Gasteiger partial charge in [-0.15, -0.1) is 0 Å². The third kappa shape index (κ3) is 4.20. The van der Waals surface area contributed by atoms with Gasteiger partial charge in [-0.25, -0.2) is 17.9 Å². The van der Waals surface area contributed by atoms with Crippen molar-refractivity contribution in [2.24, 2.45) is 5.14 Å². The summed E-state index contributed by atoms with van der Waals surface area (Å²) in [7, 11) is -3.77. The van der Waals surface area contributed by atoms with Crippen molar-refractivity contribution in [3.05, 3.63) is 53.8 Å². The Morgan fingerprint density at radius 2 is 1.77 bits per heavy atom. The second-order valence-electron chi connectivity index (χ2n) is 6.24. The van der Waals surface area contributed by atoms with E-state index in [2.05, 4.69) is 10.2 Å². The van der Waals surface area contributed by atoms with Gasteiger partial charge in [0, 0.05) is 13.1 Å². The van der Waals surface area contributed by atoms with E-state index in [1.54, 1.807) is 12.1 Å². The highest BCUT2D eigenvalue weighted by Gasteiger charge is 2.19. The van der Waals surface area contributed by atoms with Crippen LogP contribution >= 0.6 is 0 Å². The van der Waals surface area contributed by atoms with Gasteiger partial charge in [-0.05, 0) is 42.7 Å². The number of sulfonamides is 1. The fourth-order valence-corrected chi connectivity index (χ4v) is 3.54. The zero-order valence-corrected chi connectivity index (χ0v) is 14.9. The lowest BCUT2D eigenvalue weighted by atomic mass is 10.1. The number of halogens is 1. The molecular weight excluding hydrogens is 357 g/mol. The maximum atomic E-state index is 14.3. The fourth-order valence-electron chi connectivity index (χ4n) is 3.02. The molecule has 2 aromatic carbocycles. The van der Waals surface area contributed by atoms with Gasteiger partial charge in [0.15, 0.2) is 0 Å². The van der Waals surface area contributed by atoms with Gasteiger partial charge in [-0.3, -0.25) is 4.79 Å². The van der Waals surface area contributed by atoms with E-state index in [1.807, 2.05) is 0 Å². The number of rotatable bonds is 5. The highest BCUT2D eigenvalue weighted by Crippen LogP contribution is 2.31. The molecule has 1 fully saturated rings. The van der Waals surface area contributed by atoms with E-state index in [0.29, 0.717) is 11.3 Å². The molecule has 1 saturated heterocycles. The van der Waals surface area contributed by atoms with Crippen LogP contribution in [-0.2, 0) is 21.2 Å². The summed E-state index contributed by atoms with van der Waals surface area (Å²) in [6.07, 6.45) is 2.08. The number of carbonyl (C=O) groups excluding carboxylic acids is 1. The summed E-state index contributed by atoms with van der Waals surface area (Å²) in [6, 6.07) is 10.5. The van der Waals surface area contributed by atoms with Gasteiger partial charge in [0.05, 0.1) is 17.0 Å². The van der Waals surface area contributed by atoms with Crippen LogP contribution in [0.3, 0.4) is 0 Å². The van der Waals surface area contributed by atoms with Crippen molar-refractivity contribution in [3.63, 3.8) is 0 Å². The van der Waals surface area contributed by atoms with Gasteiger partial charge in [0.25, 0.3) is 0 Å². The van der Waals surface area contributed by atoms with Crippen LogP contribution in [-0.4, -0.2) is 27.4 Å². The zero-order valence-electron chi connectivity index (χ0n) is 14.1. The Morgan fingerprint density at radius 1 is 1.12 bits per heavy atom. The zero-order chi connectivity index (χ0) is 18.7. The number of para-hydroxylation sites is 1. The molecule has 0 unspecified atom stereocenters. The molecule has 8 heteroatoms. The summed E-state index contributed by atoms with van der Waals surface area (Å²) in [5.41, 5.74) is 1.47. The summed E-state index contributed by atoms with van der Waals surface area (Å²) in [6.45, 7) is 1.67. The minimum absolute atomic E-state index is 0.00132. The highest BCUT2D eigenvalue weighted by molar-refractivity contribution is 7.89. The van der Waals surface area contributed by atoms with Crippen molar-refractivity contribution in [2.75, 3.05) is 23.3 Å². The summed E-state index contributed by atoms with van der Waals surface area (Å²) < 4.78 is 36.8. The normalized spacial score (nSPS) is 14.5. The van der Waals surface area contributed by atoms with Crippen molar-refractivity contribution in [1.82, 2.24) is 0 Å². The lowest BCUT2D eigenvalue weighted by Gasteiger charge is -2.22. The second kappa shape index (κ2) is 7.43. The number of anilines is 2. The number of nitrogens with two attached hydrogens (primary N) is 1. The van der Waals surface area contributed by atoms with Gasteiger partial charge >= 0.3 is 0 Å². The minimum Gasteiger partial charge on any atom is -0.370 e. The van der Waals surface area contributed by atoms with Crippen LogP contribution in [0.2, 0.25) is 0 Å². The average Bonchev–Trinajstić information content (AvgIpc) is 3.10. The second-order valence-corrected chi connectivity index (χ2v) is 7.80. The molecule has 0 bridgehead atoms. The van der Waals surface area contributed by atoms with Crippen molar-refractivity contribution < 1.29 is 17.6 Å². The average molecular weight is 377 g/mol. The van der Waals surface area contributed by atoms with E-state index in [0.717, 1.165) is 25.9 Å². The standard InChI is InChI=1S/C18H20FN3O3S/c19-15-4-3-5-16(22-10-1-2-11-22)18(15)21-17(23)12-13-6-8-14(9-7-13)26(20,24)25/h3-9H,1-2,10-12H2,(H,21,23)(H2,20,24,25). The topological polar surface area (TPSA) is 92.5 Å². The minimum atomic E-state index is -3.77. The largest absolute Gasteiger partial charge is 0.370 e. The Hall–Kier alpha value is -2.45. The molecular formula is C18H20FN3O3S. The summed E-state index contributed by atoms with van der Waals surface area (Å²) in [4.78, 5) is 14.4. The molecule has 26 heavy (non-hydrogen) atoms. The molecule has 6 nitrogen and oxygen atoms in total. The van der Waals surface area contributed by atoms with Crippen molar-refractivity contribution >= 4 is 27.3 Å². The lowest BCUT2D eigenvalue weighted by Crippen LogP contribution is -2.22. The first-order chi connectivity index (χ1) is 12.3. The molecule has 0 aromatic heterocycles. The smallest absolute Gasteiger partial charge is 0.238 e. The quantitative estimate of drug-likeness (QED) is 0.836. The number of hydrogen-bond acceptors (Lipinski definition) is 4. The molecule has 1 aliphatic heterocycles. The SMILES string of the molecule is NS(=O)(=O)c1ccc(CC(=O)Nc2c(F)cccc2N2CCCC2)cc1. The van der Waals surface area contributed by atoms with Crippen LogP contribution < -0.4 is 15.4 Å². The van der Waals surface area contributed by atoms with Crippen LogP contribution in [0.25, 0.3) is 0 Å². The molecule has 1 amide bonds. The third-order valence-electron chi connectivity index (χ3n) is 4.32. The first-order valence-corrected chi connectivity index (χ1v) is 9.84. The Morgan fingerprint density at radius 3 is 2.38 bits per heavy atom. The van der Waals surface area contributed by atoms with Gasteiger partial charge in [0.2, 0.25) is 15.9 Å². The van der Waals surface area contributed by atoms with E-state index >= 15 is 0 Å². The van der Waals surface area contributed by atoms with Crippen LogP contribution in [0.5, 0.6) is 0 Å². The molecule has 0 radical (unpaired) electrons. The van der Waals surface area contributed by atoms with Crippen molar-refractivity contribution in [3.8, 4) is 0 Å². The number of nitrogens with zero attached hydrogens (tertiary/aromatic N) is 1. The molecule has 3 rings (SSSR count). The number of carbonyl (C=O) groups is 1. The van der Waals surface area contributed by atoms with E-state index in [9.17, 15) is 17.6 Å². The van der Waals surface area contributed by atoms with Gasteiger partial charge in [-0.2, -0.15) is 0 Å². The summed E-state index contributed by atoms with van der Waals surface area (Å²) in [5.74, 6) is -0.855. The van der Waals surface area contributed by atoms with Gasteiger partial charge < -0.3 is 10.2 Å². The van der Waals surface area contributed by atoms with E-state index in [4.69, 9.17) is 5.14 Å². The Balaban J connectivity index is 1.74.